The smallest absolute Gasteiger partial charge is 0.192 e. The molecule has 1 fully saturated rings. The van der Waals surface area contributed by atoms with Crippen molar-refractivity contribution >= 4 is 34.6 Å². The monoisotopic (exact) mass is 437 g/mol. The highest BCUT2D eigenvalue weighted by Crippen LogP contribution is 2.51. The van der Waals surface area contributed by atoms with Gasteiger partial charge in [0.15, 0.2) is 5.78 Å². The van der Waals surface area contributed by atoms with E-state index in [0.29, 0.717) is 22.6 Å². The van der Waals surface area contributed by atoms with Gasteiger partial charge >= 0.3 is 0 Å². The molecule has 0 spiro atoms. The number of rotatable bonds is 2. The summed E-state index contributed by atoms with van der Waals surface area (Å²) in [4.78, 5) is 32.1. The van der Waals surface area contributed by atoms with E-state index in [0.717, 1.165) is 34.5 Å². The maximum Gasteiger partial charge on any atom is 0.192 e. The minimum Gasteiger partial charge on any atom is -0.299 e. The van der Waals surface area contributed by atoms with E-state index >= 15 is 0 Å². The van der Waals surface area contributed by atoms with Crippen molar-refractivity contribution in [3.05, 3.63) is 112 Å². The van der Waals surface area contributed by atoms with Gasteiger partial charge in [-0.25, -0.2) is 0 Å². The number of fused-ring (bicyclic) bond motifs is 3. The van der Waals surface area contributed by atoms with Crippen molar-refractivity contribution in [1.29, 1.82) is 0 Å². The standard InChI is InChI=1S/C28H20ClNO2/c29-19-12-10-17(11-13-19)24-25-22(14-18(15-23(25)31)16-6-2-1-3-7-16)30-27-20-8-4-5-9-21(20)28(32)26(24)27/h1-13,18,24-25H,14-15H2. The summed E-state index contributed by atoms with van der Waals surface area (Å²) in [5, 5.41) is 0.632. The van der Waals surface area contributed by atoms with Crippen LogP contribution in [0.25, 0.3) is 5.70 Å². The van der Waals surface area contributed by atoms with Gasteiger partial charge in [0.05, 0.1) is 11.6 Å². The molecule has 4 heteroatoms. The van der Waals surface area contributed by atoms with E-state index < -0.39 is 5.92 Å². The number of hydrogen-bond donors (Lipinski definition) is 0. The number of Topliss-reactive ketones (excluding diaryl/α,β-unsaturated/α-hetero) is 2. The van der Waals surface area contributed by atoms with Gasteiger partial charge < -0.3 is 0 Å². The zero-order chi connectivity index (χ0) is 21.8. The van der Waals surface area contributed by atoms with Gasteiger partial charge in [0, 0.05) is 39.8 Å². The van der Waals surface area contributed by atoms with Crippen LogP contribution in [0.3, 0.4) is 0 Å². The van der Waals surface area contributed by atoms with Crippen molar-refractivity contribution in [1.82, 2.24) is 0 Å². The summed E-state index contributed by atoms with van der Waals surface area (Å²) < 4.78 is 0. The Morgan fingerprint density at radius 1 is 0.719 bits per heavy atom. The molecular formula is C28H20ClNO2. The molecule has 6 rings (SSSR count). The molecule has 3 nitrogen and oxygen atoms in total. The van der Waals surface area contributed by atoms with E-state index in [2.05, 4.69) is 12.1 Å². The number of nitrogens with zero attached hydrogens (tertiary/aromatic N) is 1. The summed E-state index contributed by atoms with van der Waals surface area (Å²) in [6.45, 7) is 0. The number of hydrogen-bond acceptors (Lipinski definition) is 3. The fraction of sp³-hybridized carbons (Fsp3) is 0.179. The lowest BCUT2D eigenvalue weighted by Gasteiger charge is -2.37. The Morgan fingerprint density at radius 2 is 1.41 bits per heavy atom. The molecule has 3 unspecified atom stereocenters. The van der Waals surface area contributed by atoms with Crippen LogP contribution in [0.4, 0.5) is 0 Å². The second-order valence-corrected chi connectivity index (χ2v) is 9.17. The lowest BCUT2D eigenvalue weighted by molar-refractivity contribution is -0.122. The SMILES string of the molecule is O=C1C2=C(N=C3CC(c4ccccc4)CC(=O)C3C2c2ccc(Cl)cc2)c2ccccc21. The van der Waals surface area contributed by atoms with E-state index in [1.165, 1.54) is 0 Å². The first-order valence-electron chi connectivity index (χ1n) is 10.9. The van der Waals surface area contributed by atoms with Crippen molar-refractivity contribution < 1.29 is 9.59 Å². The molecule has 0 amide bonds. The Hall–Kier alpha value is -3.30. The molecule has 1 aliphatic heterocycles. The Morgan fingerprint density at radius 3 is 2.16 bits per heavy atom. The average molecular weight is 438 g/mol. The lowest BCUT2D eigenvalue weighted by atomic mass is 9.66. The van der Waals surface area contributed by atoms with Gasteiger partial charge in [-0.3, -0.25) is 14.6 Å². The van der Waals surface area contributed by atoms with Crippen LogP contribution in [0.15, 0.2) is 89.4 Å². The predicted octanol–water partition coefficient (Wildman–Crippen LogP) is 6.25. The van der Waals surface area contributed by atoms with Crippen LogP contribution in [-0.2, 0) is 4.79 Å². The van der Waals surface area contributed by atoms with Crippen molar-refractivity contribution in [2.24, 2.45) is 10.9 Å². The van der Waals surface area contributed by atoms with E-state index in [4.69, 9.17) is 16.6 Å². The van der Waals surface area contributed by atoms with E-state index in [1.54, 1.807) is 0 Å². The zero-order valence-electron chi connectivity index (χ0n) is 17.3. The second-order valence-electron chi connectivity index (χ2n) is 8.73. The molecule has 3 aliphatic rings. The summed E-state index contributed by atoms with van der Waals surface area (Å²) in [6, 6.07) is 25.3. The van der Waals surface area contributed by atoms with E-state index in [9.17, 15) is 9.59 Å². The fourth-order valence-electron chi connectivity index (χ4n) is 5.50. The maximum atomic E-state index is 13.6. The van der Waals surface area contributed by atoms with Crippen molar-refractivity contribution in [2.75, 3.05) is 0 Å². The van der Waals surface area contributed by atoms with Gasteiger partial charge in [-0.15, -0.1) is 0 Å². The molecule has 1 heterocycles. The van der Waals surface area contributed by atoms with Gasteiger partial charge in [-0.1, -0.05) is 78.3 Å². The first-order chi connectivity index (χ1) is 15.6. The van der Waals surface area contributed by atoms with Gasteiger partial charge in [0.25, 0.3) is 0 Å². The number of halogens is 1. The predicted molar refractivity (Wildman–Crippen MR) is 126 cm³/mol. The summed E-state index contributed by atoms with van der Waals surface area (Å²) in [6.07, 6.45) is 1.18. The number of benzene rings is 3. The van der Waals surface area contributed by atoms with Gasteiger partial charge in [-0.05, 0) is 35.6 Å². The molecule has 2 aliphatic carbocycles. The third-order valence-electron chi connectivity index (χ3n) is 6.94. The third-order valence-corrected chi connectivity index (χ3v) is 7.19. The Kier molecular flexibility index (Phi) is 4.48. The highest BCUT2D eigenvalue weighted by Gasteiger charge is 2.48. The van der Waals surface area contributed by atoms with Crippen LogP contribution in [0.5, 0.6) is 0 Å². The minimum absolute atomic E-state index is 0.0173. The quantitative estimate of drug-likeness (QED) is 0.475. The van der Waals surface area contributed by atoms with Crippen molar-refractivity contribution in [2.45, 2.75) is 24.7 Å². The highest BCUT2D eigenvalue weighted by molar-refractivity contribution is 6.30. The number of carbonyl (C=O) groups excluding carboxylic acids is 2. The van der Waals surface area contributed by atoms with Gasteiger partial charge in [0.1, 0.15) is 5.78 Å². The molecule has 3 aromatic carbocycles. The second kappa shape index (κ2) is 7.39. The zero-order valence-corrected chi connectivity index (χ0v) is 18.0. The normalized spacial score (nSPS) is 24.0. The van der Waals surface area contributed by atoms with Crippen molar-refractivity contribution in [3.8, 4) is 0 Å². The highest BCUT2D eigenvalue weighted by atomic mass is 35.5. The molecule has 0 saturated heterocycles. The molecule has 3 aromatic rings. The molecular weight excluding hydrogens is 418 g/mol. The minimum atomic E-state index is -0.409. The number of allylic oxidation sites excluding steroid dienone is 1. The number of ketones is 2. The van der Waals surface area contributed by atoms with Crippen LogP contribution in [0.1, 0.15) is 51.7 Å². The first-order valence-corrected chi connectivity index (χ1v) is 11.3. The van der Waals surface area contributed by atoms with Crippen LogP contribution in [-0.4, -0.2) is 17.3 Å². The first kappa shape index (κ1) is 19.4. The molecule has 0 bridgehead atoms. The van der Waals surface area contributed by atoms with Crippen LogP contribution >= 0.6 is 11.6 Å². The molecule has 0 aromatic heterocycles. The lowest BCUT2D eigenvalue weighted by Crippen LogP contribution is -2.40. The summed E-state index contributed by atoms with van der Waals surface area (Å²) in [5.74, 6) is -0.499. The molecule has 0 radical (unpaired) electrons. The largest absolute Gasteiger partial charge is 0.299 e. The molecule has 0 N–H and O–H groups in total. The maximum absolute atomic E-state index is 13.6. The Bertz CT molecular complexity index is 1320. The number of aliphatic imine (C=N–C) groups is 1. The van der Waals surface area contributed by atoms with Crippen LogP contribution in [0, 0.1) is 5.92 Å². The summed E-state index contributed by atoms with van der Waals surface area (Å²) >= 11 is 6.15. The third kappa shape index (κ3) is 2.92. The van der Waals surface area contributed by atoms with Gasteiger partial charge in [0.2, 0.25) is 0 Å². The summed E-state index contributed by atoms with van der Waals surface area (Å²) in [5.41, 5.74) is 5.91. The average Bonchev–Trinajstić information content (AvgIpc) is 3.11. The van der Waals surface area contributed by atoms with Gasteiger partial charge in [-0.2, -0.15) is 0 Å². The molecule has 32 heavy (non-hydrogen) atoms. The van der Waals surface area contributed by atoms with E-state index in [1.807, 2.05) is 66.7 Å². The van der Waals surface area contributed by atoms with Crippen LogP contribution in [0.2, 0.25) is 5.02 Å². The van der Waals surface area contributed by atoms with Crippen LogP contribution < -0.4 is 0 Å². The Labute approximate surface area is 191 Å². The topological polar surface area (TPSA) is 46.5 Å². The number of carbonyl (C=O) groups is 2. The summed E-state index contributed by atoms with van der Waals surface area (Å²) in [7, 11) is 0. The molecule has 156 valence electrons. The molecule has 3 atom stereocenters. The molecule has 1 saturated carbocycles. The fourth-order valence-corrected chi connectivity index (χ4v) is 5.62. The Balaban J connectivity index is 1.52. The van der Waals surface area contributed by atoms with E-state index in [-0.39, 0.29) is 23.4 Å². The van der Waals surface area contributed by atoms with Crippen molar-refractivity contribution in [3.63, 3.8) is 0 Å².